The first-order chi connectivity index (χ1) is 17.5. The third-order valence-corrected chi connectivity index (χ3v) is 7.88. The van der Waals surface area contributed by atoms with Crippen LogP contribution in [0.15, 0.2) is 36.5 Å². The highest BCUT2D eigenvalue weighted by Gasteiger charge is 2.39. The second-order valence-electron chi connectivity index (χ2n) is 11.4. The van der Waals surface area contributed by atoms with Gasteiger partial charge in [0.15, 0.2) is 5.82 Å². The van der Waals surface area contributed by atoms with Crippen molar-refractivity contribution >= 4 is 33.6 Å². The van der Waals surface area contributed by atoms with Crippen LogP contribution >= 0.6 is 0 Å². The molecule has 1 atom stereocenters. The summed E-state index contributed by atoms with van der Waals surface area (Å²) in [7, 11) is 0. The van der Waals surface area contributed by atoms with Crippen LogP contribution in [0.1, 0.15) is 58.4 Å². The lowest BCUT2D eigenvalue weighted by atomic mass is 9.65. The lowest BCUT2D eigenvalue weighted by molar-refractivity contribution is -0.147. The summed E-state index contributed by atoms with van der Waals surface area (Å²) in [5.41, 5.74) is 8.53. The number of carbonyl (C=O) groups is 1. The minimum atomic E-state index is -0.657. The van der Waals surface area contributed by atoms with Crippen LogP contribution in [0.4, 0.5) is 14.6 Å². The van der Waals surface area contributed by atoms with Crippen LogP contribution in [-0.2, 0) is 10.2 Å². The molecule has 2 heterocycles. The fourth-order valence-corrected chi connectivity index (χ4v) is 5.92. The van der Waals surface area contributed by atoms with Crippen LogP contribution in [0.2, 0.25) is 0 Å². The Morgan fingerprint density at radius 1 is 1.08 bits per heavy atom. The number of carboxylic acid groups (broad SMARTS) is 1. The van der Waals surface area contributed by atoms with Crippen molar-refractivity contribution in [2.45, 2.75) is 58.3 Å². The molecule has 3 aliphatic carbocycles. The lowest BCUT2D eigenvalue weighted by Gasteiger charge is -2.40. The minimum absolute atomic E-state index is 0.00231. The number of rotatable bonds is 2. The number of H-pyrrole nitrogens is 1. The molecule has 7 rings (SSSR count). The van der Waals surface area contributed by atoms with Crippen molar-refractivity contribution in [3.05, 3.63) is 53.7 Å². The van der Waals surface area contributed by atoms with E-state index in [0.29, 0.717) is 28.5 Å². The number of halogens is 2. The Labute approximate surface area is 214 Å². The summed E-state index contributed by atoms with van der Waals surface area (Å²) in [6.07, 6.45) is 7.44. The molecule has 194 valence electrons. The fourth-order valence-electron chi connectivity index (χ4n) is 5.92. The van der Waals surface area contributed by atoms with Crippen LogP contribution in [0.25, 0.3) is 33.2 Å². The number of nitrogens with one attached hydrogen (secondary N) is 1. The van der Waals surface area contributed by atoms with E-state index in [0.717, 1.165) is 34.9 Å². The van der Waals surface area contributed by atoms with Crippen molar-refractivity contribution in [2.24, 2.45) is 17.8 Å². The molecule has 4 aromatic rings. The predicted molar refractivity (Wildman–Crippen MR) is 141 cm³/mol. The Bertz CT molecular complexity index is 1480. The summed E-state index contributed by atoms with van der Waals surface area (Å²) in [6.45, 7) is 6.28. The van der Waals surface area contributed by atoms with E-state index in [9.17, 15) is 13.6 Å². The molecule has 0 spiro atoms. The molecule has 1 unspecified atom stereocenters. The zero-order chi connectivity index (χ0) is 26.5. The van der Waals surface area contributed by atoms with Crippen molar-refractivity contribution in [1.82, 2.24) is 15.0 Å². The number of anilines is 1. The summed E-state index contributed by atoms with van der Waals surface area (Å²) < 4.78 is 27.7. The average Bonchev–Trinajstić information content (AvgIpc) is 3.28. The SMILES string of the molecule is CC(C)(C)c1cccc2c(N)nc(-c3c[nH]c4c(F)cc(F)cc34)nc12.O=C(O)C1CC2CCC1CC2. The standard InChI is InChI=1S/C20H18F2N4.C9H14O2/c1-20(2,3)14-6-4-5-11-16(14)25-19(26-18(11)23)13-9-24-17-12(13)7-10(21)8-15(17)22;10-9(11)8-5-6-1-3-7(8)4-2-6/h4-9,24H,1-3H3,(H2,23,25,26);6-8H,1-5H2,(H,10,11). The fraction of sp³-hybridized carbons (Fsp3) is 0.414. The number of benzene rings is 2. The first-order valence-electron chi connectivity index (χ1n) is 12.8. The first-order valence-corrected chi connectivity index (χ1v) is 12.8. The summed E-state index contributed by atoms with van der Waals surface area (Å²) >= 11 is 0. The number of hydrogen-bond donors (Lipinski definition) is 3. The second kappa shape index (κ2) is 9.39. The topological polar surface area (TPSA) is 105 Å². The number of fused-ring (bicyclic) bond motifs is 5. The van der Waals surface area contributed by atoms with Crippen molar-refractivity contribution in [2.75, 3.05) is 5.73 Å². The van der Waals surface area contributed by atoms with Gasteiger partial charge in [-0.1, -0.05) is 45.7 Å². The third kappa shape index (κ3) is 4.77. The van der Waals surface area contributed by atoms with Gasteiger partial charge < -0.3 is 15.8 Å². The Morgan fingerprint density at radius 2 is 1.81 bits per heavy atom. The van der Waals surface area contributed by atoms with Gasteiger partial charge >= 0.3 is 5.97 Å². The largest absolute Gasteiger partial charge is 0.481 e. The van der Waals surface area contributed by atoms with Crippen molar-refractivity contribution < 1.29 is 18.7 Å². The molecule has 0 amide bonds. The van der Waals surface area contributed by atoms with Gasteiger partial charge in [-0.3, -0.25) is 4.79 Å². The molecular weight excluding hydrogens is 474 g/mol. The Kier molecular flexibility index (Phi) is 6.38. The number of aliphatic carboxylic acids is 1. The van der Waals surface area contributed by atoms with Crippen LogP contribution < -0.4 is 5.73 Å². The van der Waals surface area contributed by atoms with Crippen LogP contribution in [-0.4, -0.2) is 26.0 Å². The van der Waals surface area contributed by atoms with E-state index >= 15 is 0 Å². The normalized spacial score (nSPS) is 21.2. The van der Waals surface area contributed by atoms with Gasteiger partial charge in [-0.25, -0.2) is 18.7 Å². The number of carboxylic acids is 1. The van der Waals surface area contributed by atoms with Gasteiger partial charge in [-0.15, -0.1) is 0 Å². The number of nitrogen functional groups attached to an aromatic ring is 1. The number of para-hydroxylation sites is 1. The van der Waals surface area contributed by atoms with Gasteiger partial charge in [-0.05, 0) is 54.2 Å². The molecule has 4 N–H and O–H groups in total. The Balaban J connectivity index is 0.000000212. The number of nitrogens with two attached hydrogens (primary N) is 1. The summed E-state index contributed by atoms with van der Waals surface area (Å²) in [6, 6.07) is 7.92. The molecule has 3 fully saturated rings. The number of aromatic nitrogens is 3. The highest BCUT2D eigenvalue weighted by molar-refractivity contribution is 5.97. The quantitative estimate of drug-likeness (QED) is 0.276. The third-order valence-electron chi connectivity index (χ3n) is 7.88. The molecule has 6 nitrogen and oxygen atoms in total. The Hall–Kier alpha value is -3.55. The number of nitrogens with zero attached hydrogens (tertiary/aromatic N) is 2. The first kappa shape index (κ1) is 25.1. The van der Waals surface area contributed by atoms with E-state index in [1.54, 1.807) is 6.20 Å². The van der Waals surface area contributed by atoms with Crippen LogP contribution in [0.3, 0.4) is 0 Å². The van der Waals surface area contributed by atoms with Gasteiger partial charge in [-0.2, -0.15) is 0 Å². The van der Waals surface area contributed by atoms with Gasteiger partial charge in [0.05, 0.1) is 17.0 Å². The summed E-state index contributed by atoms with van der Waals surface area (Å²) in [5, 5.41) is 10.0. The molecular formula is C29H32F2N4O2. The molecule has 37 heavy (non-hydrogen) atoms. The average molecular weight is 507 g/mol. The summed E-state index contributed by atoms with van der Waals surface area (Å²) in [4.78, 5) is 22.7. The lowest BCUT2D eigenvalue weighted by Crippen LogP contribution is -2.35. The van der Waals surface area contributed by atoms with Gasteiger partial charge in [0, 0.05) is 28.6 Å². The van der Waals surface area contributed by atoms with Crippen LogP contribution in [0, 0.1) is 29.4 Å². The van der Waals surface area contributed by atoms with E-state index in [-0.39, 0.29) is 16.8 Å². The van der Waals surface area contributed by atoms with Gasteiger partial charge in [0.2, 0.25) is 0 Å². The zero-order valence-corrected chi connectivity index (χ0v) is 21.3. The molecule has 0 aliphatic heterocycles. The highest BCUT2D eigenvalue weighted by atomic mass is 19.1. The maximum Gasteiger partial charge on any atom is 0.306 e. The van der Waals surface area contributed by atoms with E-state index in [1.165, 1.54) is 31.7 Å². The maximum absolute atomic E-state index is 14.0. The molecule has 8 heteroatoms. The Morgan fingerprint density at radius 3 is 2.41 bits per heavy atom. The second-order valence-corrected chi connectivity index (χ2v) is 11.4. The number of aromatic amines is 1. The molecule has 2 aromatic carbocycles. The molecule has 2 bridgehead atoms. The van der Waals surface area contributed by atoms with E-state index in [1.807, 2.05) is 18.2 Å². The van der Waals surface area contributed by atoms with Crippen LogP contribution in [0.5, 0.6) is 0 Å². The van der Waals surface area contributed by atoms with Crippen molar-refractivity contribution in [1.29, 1.82) is 0 Å². The molecule has 0 radical (unpaired) electrons. The molecule has 2 aromatic heterocycles. The van der Waals surface area contributed by atoms with Crippen molar-refractivity contribution in [3.8, 4) is 11.4 Å². The van der Waals surface area contributed by atoms with Gasteiger partial charge in [0.1, 0.15) is 17.5 Å². The minimum Gasteiger partial charge on any atom is -0.481 e. The maximum atomic E-state index is 14.0. The highest BCUT2D eigenvalue weighted by Crippen LogP contribution is 2.44. The molecule has 3 saturated carbocycles. The molecule has 0 saturated heterocycles. The predicted octanol–water partition coefficient (Wildman–Crippen LogP) is 6.83. The van der Waals surface area contributed by atoms with E-state index in [4.69, 9.17) is 15.8 Å². The van der Waals surface area contributed by atoms with Gasteiger partial charge in [0.25, 0.3) is 0 Å². The smallest absolute Gasteiger partial charge is 0.306 e. The zero-order valence-electron chi connectivity index (χ0n) is 21.3. The molecule has 3 aliphatic rings. The van der Waals surface area contributed by atoms with E-state index in [2.05, 4.69) is 30.7 Å². The van der Waals surface area contributed by atoms with E-state index < -0.39 is 17.6 Å². The number of hydrogen-bond acceptors (Lipinski definition) is 4. The summed E-state index contributed by atoms with van der Waals surface area (Å²) in [5.74, 6) is 0.0566. The van der Waals surface area contributed by atoms with Crippen molar-refractivity contribution in [3.63, 3.8) is 0 Å². The monoisotopic (exact) mass is 506 g/mol.